The highest BCUT2D eigenvalue weighted by molar-refractivity contribution is 5.55. The third-order valence-electron chi connectivity index (χ3n) is 4.41. The lowest BCUT2D eigenvalue weighted by molar-refractivity contribution is 0.109. The Morgan fingerprint density at radius 2 is 1.50 bits per heavy atom. The first kappa shape index (κ1) is 10.3. The molecule has 0 fully saturated rings. The summed E-state index contributed by atoms with van der Waals surface area (Å²) in [6.45, 7) is 2.20. The molecular formula is C16H15NO. The van der Waals surface area contributed by atoms with Gasteiger partial charge in [0.05, 0.1) is 17.7 Å². The van der Waals surface area contributed by atoms with Gasteiger partial charge >= 0.3 is 0 Å². The molecule has 0 spiro atoms. The molecule has 2 nitrogen and oxygen atoms in total. The minimum atomic E-state index is -0.460. The zero-order chi connectivity index (χ0) is 12.3. The van der Waals surface area contributed by atoms with Crippen molar-refractivity contribution in [2.75, 3.05) is 0 Å². The van der Waals surface area contributed by atoms with Crippen LogP contribution in [0.2, 0.25) is 0 Å². The fourth-order valence-corrected chi connectivity index (χ4v) is 3.55. The molecule has 0 aromatic heterocycles. The first-order chi connectivity index (χ1) is 8.72. The van der Waals surface area contributed by atoms with Gasteiger partial charge in [0, 0.05) is 0 Å². The second kappa shape index (κ2) is 3.22. The van der Waals surface area contributed by atoms with E-state index in [0.717, 1.165) is 5.56 Å². The van der Waals surface area contributed by atoms with E-state index >= 15 is 0 Å². The van der Waals surface area contributed by atoms with Crippen LogP contribution in [-0.2, 0) is 5.54 Å². The summed E-state index contributed by atoms with van der Waals surface area (Å²) in [6, 6.07) is 16.6. The standard InChI is InChI=1S/C16H15NO/c1-16-12-8-4-2-6-10(12)14(17-16)15(18)11-7-3-5-9-13(11)16/h2-9,14-15,17-18H,1H3. The highest BCUT2D eigenvalue weighted by Gasteiger charge is 2.49. The molecule has 18 heavy (non-hydrogen) atoms. The highest BCUT2D eigenvalue weighted by Crippen LogP contribution is 2.52. The molecule has 0 aliphatic carbocycles. The van der Waals surface area contributed by atoms with Crippen molar-refractivity contribution < 1.29 is 5.11 Å². The number of hydrogen-bond donors (Lipinski definition) is 2. The number of benzene rings is 2. The fourth-order valence-electron chi connectivity index (χ4n) is 3.55. The molecule has 0 saturated carbocycles. The maximum atomic E-state index is 10.5. The van der Waals surface area contributed by atoms with Gasteiger partial charge < -0.3 is 5.11 Å². The monoisotopic (exact) mass is 237 g/mol. The molecule has 0 amide bonds. The average molecular weight is 237 g/mol. The summed E-state index contributed by atoms with van der Waals surface area (Å²) < 4.78 is 0. The minimum absolute atomic E-state index is 0.0149. The Hall–Kier alpha value is -1.64. The van der Waals surface area contributed by atoms with Crippen LogP contribution in [0.5, 0.6) is 0 Å². The van der Waals surface area contributed by atoms with Crippen molar-refractivity contribution in [3.8, 4) is 0 Å². The number of fused-ring (bicyclic) bond motifs is 7. The number of aliphatic hydroxyl groups excluding tert-OH is 1. The molecule has 0 radical (unpaired) electrons. The lowest BCUT2D eigenvalue weighted by Crippen LogP contribution is -2.43. The van der Waals surface area contributed by atoms with Gasteiger partial charge in [-0.3, -0.25) is 5.32 Å². The predicted octanol–water partition coefficient (Wildman–Crippen LogP) is 2.64. The Kier molecular flexibility index (Phi) is 1.84. The summed E-state index contributed by atoms with van der Waals surface area (Å²) in [6.07, 6.45) is -0.460. The van der Waals surface area contributed by atoms with Crippen molar-refractivity contribution >= 4 is 0 Å². The van der Waals surface area contributed by atoms with Crippen LogP contribution < -0.4 is 5.32 Å². The van der Waals surface area contributed by atoms with Gasteiger partial charge in [0.15, 0.2) is 0 Å². The highest BCUT2D eigenvalue weighted by atomic mass is 16.3. The van der Waals surface area contributed by atoms with E-state index in [9.17, 15) is 5.11 Å². The zero-order valence-corrected chi connectivity index (χ0v) is 10.2. The van der Waals surface area contributed by atoms with Crippen LogP contribution in [0, 0.1) is 0 Å². The molecule has 3 unspecified atom stereocenters. The Morgan fingerprint density at radius 3 is 2.22 bits per heavy atom. The van der Waals surface area contributed by atoms with E-state index in [1.807, 2.05) is 24.3 Å². The molecule has 2 bridgehead atoms. The first-order valence-electron chi connectivity index (χ1n) is 6.36. The van der Waals surface area contributed by atoms with Crippen LogP contribution >= 0.6 is 0 Å². The summed E-state index contributed by atoms with van der Waals surface area (Å²) in [7, 11) is 0. The second-order valence-corrected chi connectivity index (χ2v) is 5.37. The molecule has 2 heteroatoms. The van der Waals surface area contributed by atoms with Crippen LogP contribution in [0.1, 0.15) is 41.3 Å². The lowest BCUT2D eigenvalue weighted by Gasteiger charge is -2.37. The summed E-state index contributed by atoms with van der Waals surface area (Å²) in [5, 5.41) is 14.1. The smallest absolute Gasteiger partial charge is 0.0988 e. The summed E-state index contributed by atoms with van der Waals surface area (Å²) >= 11 is 0. The van der Waals surface area contributed by atoms with Gasteiger partial charge in [0.1, 0.15) is 0 Å². The van der Waals surface area contributed by atoms with E-state index in [1.54, 1.807) is 0 Å². The van der Waals surface area contributed by atoms with E-state index in [2.05, 4.69) is 36.5 Å². The lowest BCUT2D eigenvalue weighted by atomic mass is 9.82. The van der Waals surface area contributed by atoms with Crippen molar-refractivity contribution in [1.29, 1.82) is 0 Å². The fraction of sp³-hybridized carbons (Fsp3) is 0.250. The molecule has 3 atom stereocenters. The van der Waals surface area contributed by atoms with Crippen LogP contribution in [-0.4, -0.2) is 5.11 Å². The Bertz CT molecular complexity index is 636. The van der Waals surface area contributed by atoms with Crippen molar-refractivity contribution in [1.82, 2.24) is 5.32 Å². The van der Waals surface area contributed by atoms with Gasteiger partial charge in [-0.05, 0) is 29.2 Å². The molecule has 2 aromatic carbocycles. The van der Waals surface area contributed by atoms with Crippen LogP contribution in [0.3, 0.4) is 0 Å². The Morgan fingerprint density at radius 1 is 0.944 bits per heavy atom. The first-order valence-corrected chi connectivity index (χ1v) is 6.36. The molecule has 0 saturated heterocycles. The SMILES string of the molecule is CC12NC(c3ccccc31)C(O)c1ccccc12. The molecule has 2 aliphatic rings. The third kappa shape index (κ3) is 1.05. The second-order valence-electron chi connectivity index (χ2n) is 5.37. The topological polar surface area (TPSA) is 32.3 Å². The van der Waals surface area contributed by atoms with Crippen LogP contribution in [0.4, 0.5) is 0 Å². The molecular weight excluding hydrogens is 222 g/mol. The Labute approximate surface area is 106 Å². The van der Waals surface area contributed by atoms with Crippen molar-refractivity contribution in [2.24, 2.45) is 0 Å². The third-order valence-corrected chi connectivity index (χ3v) is 4.41. The average Bonchev–Trinajstić information content (AvgIpc) is 2.70. The van der Waals surface area contributed by atoms with Crippen LogP contribution in [0.25, 0.3) is 0 Å². The minimum Gasteiger partial charge on any atom is -0.386 e. The maximum absolute atomic E-state index is 10.5. The van der Waals surface area contributed by atoms with Gasteiger partial charge in [0.2, 0.25) is 0 Å². The van der Waals surface area contributed by atoms with Gasteiger partial charge in [-0.15, -0.1) is 0 Å². The van der Waals surface area contributed by atoms with Gasteiger partial charge in [-0.25, -0.2) is 0 Å². The molecule has 2 heterocycles. The van der Waals surface area contributed by atoms with E-state index in [4.69, 9.17) is 0 Å². The summed E-state index contributed by atoms with van der Waals surface area (Å²) in [5.74, 6) is 0. The maximum Gasteiger partial charge on any atom is 0.0988 e. The number of nitrogens with one attached hydrogen (secondary N) is 1. The normalized spacial score (nSPS) is 31.9. The number of hydrogen-bond acceptors (Lipinski definition) is 2. The quantitative estimate of drug-likeness (QED) is 0.738. The van der Waals surface area contributed by atoms with E-state index in [0.29, 0.717) is 0 Å². The molecule has 2 aliphatic heterocycles. The van der Waals surface area contributed by atoms with Gasteiger partial charge in [-0.1, -0.05) is 48.5 Å². The van der Waals surface area contributed by atoms with E-state index < -0.39 is 6.10 Å². The van der Waals surface area contributed by atoms with Crippen LogP contribution in [0.15, 0.2) is 48.5 Å². The van der Waals surface area contributed by atoms with Crippen molar-refractivity contribution in [2.45, 2.75) is 24.6 Å². The summed E-state index contributed by atoms with van der Waals surface area (Å²) in [5.41, 5.74) is 4.60. The largest absolute Gasteiger partial charge is 0.386 e. The molecule has 4 rings (SSSR count). The number of rotatable bonds is 0. The zero-order valence-electron chi connectivity index (χ0n) is 10.2. The Balaban J connectivity index is 2.08. The van der Waals surface area contributed by atoms with E-state index in [1.165, 1.54) is 16.7 Å². The predicted molar refractivity (Wildman–Crippen MR) is 70.2 cm³/mol. The van der Waals surface area contributed by atoms with Gasteiger partial charge in [-0.2, -0.15) is 0 Å². The summed E-state index contributed by atoms with van der Waals surface area (Å²) in [4.78, 5) is 0. The molecule has 2 N–H and O–H groups in total. The van der Waals surface area contributed by atoms with Gasteiger partial charge in [0.25, 0.3) is 0 Å². The number of aliphatic hydroxyl groups is 1. The van der Waals surface area contributed by atoms with Crippen molar-refractivity contribution in [3.63, 3.8) is 0 Å². The molecule has 2 aromatic rings. The van der Waals surface area contributed by atoms with E-state index in [-0.39, 0.29) is 11.6 Å². The molecule has 90 valence electrons. The van der Waals surface area contributed by atoms with Crippen molar-refractivity contribution in [3.05, 3.63) is 70.8 Å².